The number of carbonyl (C=O) groups is 1. The predicted molar refractivity (Wildman–Crippen MR) is 5.40 cm³/mol. The maximum Gasteiger partial charge on any atom is 2.00 e. The number of hydrogen-bond acceptors (Lipinski definition) is 3. The van der Waals surface area contributed by atoms with Crippen molar-refractivity contribution in [2.75, 3.05) is 0 Å². The molecule has 0 aliphatic heterocycles. The Labute approximate surface area is 57.4 Å². The smallest absolute Gasteiger partial charge is 0.652 e. The molecule has 3 nitrogen and oxygen atoms in total. The van der Waals surface area contributed by atoms with Gasteiger partial charge in [0.15, 0.2) is 0 Å². The van der Waals surface area contributed by atoms with E-state index in [9.17, 15) is 0 Å². The third-order valence-corrected chi connectivity index (χ3v) is 0. The molecule has 1 radical (unpaired) electrons. The summed E-state index contributed by atoms with van der Waals surface area (Å²) in [6.45, 7) is 0. The van der Waals surface area contributed by atoms with Crippen LogP contribution in [0.1, 0.15) is 0 Å². The van der Waals surface area contributed by atoms with Gasteiger partial charge in [-0.25, -0.2) is 0 Å². The van der Waals surface area contributed by atoms with Crippen LogP contribution in [0, 0.1) is 0 Å². The summed E-state index contributed by atoms with van der Waals surface area (Å²) in [6, 6.07) is 0. The number of carbonyl (C=O) groups excluding carboxylic acids is 1. The van der Waals surface area contributed by atoms with E-state index in [0.29, 0.717) is 0 Å². The molecule has 0 fully saturated rings. The van der Waals surface area contributed by atoms with Crippen LogP contribution in [-0.2, 0) is 17.1 Å². The van der Waals surface area contributed by atoms with Crippen LogP contribution >= 0.6 is 0 Å². The minimum Gasteiger partial charge on any atom is -0.652 e. The zero-order valence-corrected chi connectivity index (χ0v) is 4.28. The molecule has 0 aromatic heterocycles. The number of rotatable bonds is 0. The summed E-state index contributed by atoms with van der Waals surface area (Å²) < 4.78 is 0. The fourth-order valence-electron chi connectivity index (χ4n) is 0. The molecular weight excluding hydrogens is 122 g/mol. The van der Waals surface area contributed by atoms with Gasteiger partial charge in [-0.05, 0) is 6.16 Å². The van der Waals surface area contributed by atoms with E-state index in [-0.39, 0.29) is 35.9 Å². The van der Waals surface area contributed by atoms with Crippen molar-refractivity contribution in [3.05, 3.63) is 0 Å². The Hall–Kier alpha value is 0.387. The second-order valence-electron chi connectivity index (χ2n) is 0.250. The van der Waals surface area contributed by atoms with Gasteiger partial charge in [-0.2, -0.15) is 0 Å². The first-order chi connectivity index (χ1) is 1.73. The Morgan fingerprint density at radius 2 is 1.33 bits per heavy atom. The standard InChI is InChI=1S/CH2O3.Li.Mn/c2-1(3)4;;/h(H2,2,3,4);;/q;+1;+2/p-2. The number of carboxylic acid groups (broad SMARTS) is 2. The van der Waals surface area contributed by atoms with Crippen LogP contribution in [0.25, 0.3) is 0 Å². The van der Waals surface area contributed by atoms with Crippen molar-refractivity contribution in [2.24, 2.45) is 0 Å². The number of hydrogen-bond donors (Lipinski definition) is 0. The average molecular weight is 122 g/mol. The molecule has 0 amide bonds. The van der Waals surface area contributed by atoms with Gasteiger partial charge >= 0.3 is 35.9 Å². The summed E-state index contributed by atoms with van der Waals surface area (Å²) in [7, 11) is 0. The first-order valence-electron chi connectivity index (χ1n) is 0.612. The molecule has 0 atom stereocenters. The van der Waals surface area contributed by atoms with E-state index in [1.165, 1.54) is 0 Å². The van der Waals surface area contributed by atoms with E-state index in [4.69, 9.17) is 15.0 Å². The van der Waals surface area contributed by atoms with Gasteiger partial charge in [0.05, 0.1) is 0 Å². The van der Waals surface area contributed by atoms with Gasteiger partial charge in [0.2, 0.25) is 0 Å². The Bertz CT molecular complexity index is 33.8. The van der Waals surface area contributed by atoms with Crippen molar-refractivity contribution in [3.8, 4) is 0 Å². The maximum atomic E-state index is 8.33. The summed E-state index contributed by atoms with van der Waals surface area (Å²) in [5.41, 5.74) is 0. The molecule has 0 heterocycles. The van der Waals surface area contributed by atoms with Gasteiger partial charge in [0, 0.05) is 0 Å². The van der Waals surface area contributed by atoms with Gasteiger partial charge in [0.25, 0.3) is 0 Å². The Balaban J connectivity index is -0.0000000450. The maximum absolute atomic E-state index is 8.33. The van der Waals surface area contributed by atoms with E-state index >= 15 is 0 Å². The van der Waals surface area contributed by atoms with Crippen LogP contribution < -0.4 is 29.1 Å². The topological polar surface area (TPSA) is 63.2 Å². The molecule has 0 saturated heterocycles. The Morgan fingerprint density at radius 3 is 1.33 bits per heavy atom. The quantitative estimate of drug-likeness (QED) is 0.301. The van der Waals surface area contributed by atoms with Crippen LogP contribution in [0.3, 0.4) is 0 Å². The normalized spacial score (nSPS) is 4.00. The average Bonchev–Trinajstić information content (AvgIpc) is 0.811. The Kier molecular flexibility index (Phi) is 24.3. The molecule has 0 aromatic carbocycles. The zero-order chi connectivity index (χ0) is 3.58. The van der Waals surface area contributed by atoms with Crippen molar-refractivity contribution < 1.29 is 50.9 Å². The van der Waals surface area contributed by atoms with Crippen LogP contribution in [0.15, 0.2) is 0 Å². The van der Waals surface area contributed by atoms with E-state index in [1.807, 2.05) is 0 Å². The largest absolute Gasteiger partial charge is 2.00 e. The first kappa shape index (κ1) is 16.2. The van der Waals surface area contributed by atoms with Gasteiger partial charge in [0.1, 0.15) is 0 Å². The van der Waals surface area contributed by atoms with Gasteiger partial charge in [-0.1, -0.05) is 0 Å². The van der Waals surface area contributed by atoms with E-state index in [1.54, 1.807) is 0 Å². The van der Waals surface area contributed by atoms with Gasteiger partial charge < -0.3 is 15.0 Å². The van der Waals surface area contributed by atoms with Gasteiger partial charge in [-0.3, -0.25) is 0 Å². The molecule has 5 heteroatoms. The molecule has 0 N–H and O–H groups in total. The summed E-state index contributed by atoms with van der Waals surface area (Å²) >= 11 is 0. The molecule has 0 aromatic rings. The van der Waals surface area contributed by atoms with Crippen molar-refractivity contribution in [1.29, 1.82) is 0 Å². The SMILES string of the molecule is O=C([O-])[O-].[Li+].[Mn+2]. The molecule has 0 saturated carbocycles. The van der Waals surface area contributed by atoms with E-state index in [2.05, 4.69) is 0 Å². The van der Waals surface area contributed by atoms with Crippen LogP contribution in [0.2, 0.25) is 0 Å². The summed E-state index contributed by atoms with van der Waals surface area (Å²) in [6.07, 6.45) is -2.33. The summed E-state index contributed by atoms with van der Waals surface area (Å²) in [5.74, 6) is 0. The monoisotopic (exact) mass is 122 g/mol. The molecule has 0 aliphatic carbocycles. The van der Waals surface area contributed by atoms with Gasteiger partial charge in [-0.15, -0.1) is 0 Å². The molecule has 6 heavy (non-hydrogen) atoms. The van der Waals surface area contributed by atoms with Crippen LogP contribution in [0.4, 0.5) is 4.79 Å². The molecule has 0 rings (SSSR count). The first-order valence-corrected chi connectivity index (χ1v) is 0.612. The molecule has 0 spiro atoms. The third kappa shape index (κ3) is 336. The fraction of sp³-hybridized carbons (Fsp3) is 0. The summed E-state index contributed by atoms with van der Waals surface area (Å²) in [5, 5.41) is 16.7. The van der Waals surface area contributed by atoms with Crippen molar-refractivity contribution in [1.82, 2.24) is 0 Å². The zero-order valence-electron chi connectivity index (χ0n) is 3.10. The molecular formula is CLiMnO3+. The third-order valence-electron chi connectivity index (χ3n) is 0. The minimum atomic E-state index is -2.33. The second-order valence-corrected chi connectivity index (χ2v) is 0.250. The van der Waals surface area contributed by atoms with Crippen molar-refractivity contribution in [2.45, 2.75) is 0 Å². The van der Waals surface area contributed by atoms with Crippen LogP contribution in [-0.4, -0.2) is 6.16 Å². The minimum absolute atomic E-state index is 0. The molecule has 0 unspecified atom stereocenters. The fourth-order valence-corrected chi connectivity index (χ4v) is 0. The molecule has 29 valence electrons. The van der Waals surface area contributed by atoms with Crippen LogP contribution in [0.5, 0.6) is 0 Å². The Morgan fingerprint density at radius 1 is 1.33 bits per heavy atom. The van der Waals surface area contributed by atoms with Crippen molar-refractivity contribution >= 4 is 6.16 Å². The van der Waals surface area contributed by atoms with E-state index < -0.39 is 6.16 Å². The van der Waals surface area contributed by atoms with E-state index in [0.717, 1.165) is 0 Å². The predicted octanol–water partition coefficient (Wildman–Crippen LogP) is -5.45. The molecule has 0 aliphatic rings. The molecule has 0 bridgehead atoms. The van der Waals surface area contributed by atoms with Crippen molar-refractivity contribution in [3.63, 3.8) is 0 Å². The summed E-state index contributed by atoms with van der Waals surface area (Å²) in [4.78, 5) is 8.33. The second kappa shape index (κ2) is 9.04.